The molecule has 0 bridgehead atoms. The summed E-state index contributed by atoms with van der Waals surface area (Å²) in [5.74, 6) is 0.576. The first-order valence-corrected chi connectivity index (χ1v) is 7.58. The van der Waals surface area contributed by atoms with Gasteiger partial charge in [-0.2, -0.15) is 13.2 Å². The monoisotopic (exact) mass is 336 g/mol. The number of aromatic nitrogens is 4. The Hall–Kier alpha value is -2.42. The van der Waals surface area contributed by atoms with Gasteiger partial charge in [-0.05, 0) is 25.2 Å². The van der Waals surface area contributed by atoms with E-state index >= 15 is 0 Å². The predicted molar refractivity (Wildman–Crippen MR) is 83.0 cm³/mol. The third-order valence-corrected chi connectivity index (χ3v) is 4.34. The van der Waals surface area contributed by atoms with Crippen LogP contribution in [-0.4, -0.2) is 57.7 Å². The molecule has 1 aliphatic rings. The fourth-order valence-corrected chi connectivity index (χ4v) is 2.95. The van der Waals surface area contributed by atoms with Crippen LogP contribution in [0.3, 0.4) is 0 Å². The molecular weight excluding hydrogens is 321 g/mol. The Kier molecular flexibility index (Phi) is 3.34. The van der Waals surface area contributed by atoms with Crippen molar-refractivity contribution in [3.8, 4) is 0 Å². The maximum absolute atomic E-state index is 13.0. The lowest BCUT2D eigenvalue weighted by molar-refractivity contribution is -0.137. The summed E-state index contributed by atoms with van der Waals surface area (Å²) in [7, 11) is 2.04. The molecule has 9 heteroatoms. The molecule has 1 aliphatic heterocycles. The molecule has 0 saturated carbocycles. The van der Waals surface area contributed by atoms with Crippen LogP contribution in [0.2, 0.25) is 0 Å². The molecule has 0 atom stereocenters. The Morgan fingerprint density at radius 2 is 1.83 bits per heavy atom. The smallest absolute Gasteiger partial charge is 0.351 e. The van der Waals surface area contributed by atoms with Crippen molar-refractivity contribution in [2.45, 2.75) is 6.18 Å². The van der Waals surface area contributed by atoms with E-state index in [-0.39, 0.29) is 5.52 Å². The topological polar surface area (TPSA) is 49.6 Å². The molecule has 1 fully saturated rings. The fourth-order valence-electron chi connectivity index (χ4n) is 2.95. The zero-order valence-electron chi connectivity index (χ0n) is 13.0. The van der Waals surface area contributed by atoms with Crippen molar-refractivity contribution in [2.24, 2.45) is 0 Å². The average Bonchev–Trinajstić information content (AvgIpc) is 3.03. The Morgan fingerprint density at radius 1 is 1.08 bits per heavy atom. The lowest BCUT2D eigenvalue weighted by atomic mass is 10.2. The molecule has 4 rings (SSSR count). The number of benzene rings is 1. The second-order valence-corrected chi connectivity index (χ2v) is 5.95. The summed E-state index contributed by atoms with van der Waals surface area (Å²) in [6, 6.07) is 3.54. The van der Waals surface area contributed by atoms with Crippen LogP contribution in [0.1, 0.15) is 5.56 Å². The molecular formula is C15H15F3N6. The molecule has 6 nitrogen and oxygen atoms in total. The molecule has 0 unspecified atom stereocenters. The normalized spacial score (nSPS) is 17.1. The summed E-state index contributed by atoms with van der Waals surface area (Å²) in [5.41, 5.74) is 0.693. The van der Waals surface area contributed by atoms with Gasteiger partial charge in [0.05, 0.1) is 16.6 Å². The zero-order chi connectivity index (χ0) is 16.9. The number of nitrogens with zero attached hydrogens (tertiary/aromatic N) is 6. The Balaban J connectivity index is 1.90. The van der Waals surface area contributed by atoms with Crippen molar-refractivity contribution in [1.82, 2.24) is 24.5 Å². The first-order chi connectivity index (χ1) is 11.4. The molecule has 3 aromatic rings. The van der Waals surface area contributed by atoms with Crippen molar-refractivity contribution in [2.75, 3.05) is 38.1 Å². The van der Waals surface area contributed by atoms with Gasteiger partial charge < -0.3 is 9.80 Å². The van der Waals surface area contributed by atoms with Crippen LogP contribution in [0, 0.1) is 0 Å². The summed E-state index contributed by atoms with van der Waals surface area (Å²) in [6.45, 7) is 3.22. The molecule has 0 spiro atoms. The maximum Gasteiger partial charge on any atom is 0.416 e. The number of fused-ring (bicyclic) bond motifs is 3. The van der Waals surface area contributed by atoms with E-state index in [2.05, 4.69) is 20.1 Å². The highest BCUT2D eigenvalue weighted by Crippen LogP contribution is 2.32. The number of halogens is 3. The summed E-state index contributed by atoms with van der Waals surface area (Å²) in [6.07, 6.45) is -2.89. The molecule has 1 aromatic carbocycles. The summed E-state index contributed by atoms with van der Waals surface area (Å²) < 4.78 is 40.7. The average molecular weight is 336 g/mol. The van der Waals surface area contributed by atoms with Gasteiger partial charge in [-0.25, -0.2) is 4.98 Å². The van der Waals surface area contributed by atoms with Gasteiger partial charge in [0.25, 0.3) is 0 Å². The van der Waals surface area contributed by atoms with Crippen molar-refractivity contribution in [1.29, 1.82) is 0 Å². The van der Waals surface area contributed by atoms with Gasteiger partial charge in [0.2, 0.25) is 5.65 Å². The van der Waals surface area contributed by atoms with E-state index in [9.17, 15) is 13.2 Å². The van der Waals surface area contributed by atoms with E-state index in [4.69, 9.17) is 0 Å². The van der Waals surface area contributed by atoms with Crippen molar-refractivity contribution in [3.05, 3.63) is 30.1 Å². The first-order valence-electron chi connectivity index (χ1n) is 7.58. The van der Waals surface area contributed by atoms with Crippen molar-refractivity contribution >= 4 is 22.5 Å². The van der Waals surface area contributed by atoms with Gasteiger partial charge in [-0.3, -0.25) is 4.40 Å². The fraction of sp³-hybridized carbons (Fsp3) is 0.400. The predicted octanol–water partition coefficient (Wildman–Crippen LogP) is 2.05. The highest BCUT2D eigenvalue weighted by molar-refractivity contribution is 5.83. The maximum atomic E-state index is 13.0. The number of likely N-dealkylation sites (N-methyl/N-ethyl adjacent to an activating group) is 1. The molecule has 24 heavy (non-hydrogen) atoms. The van der Waals surface area contributed by atoms with Crippen LogP contribution in [0.4, 0.5) is 19.0 Å². The van der Waals surface area contributed by atoms with Gasteiger partial charge in [0.15, 0.2) is 5.82 Å². The third kappa shape index (κ3) is 2.44. The standard InChI is InChI=1S/C15H15F3N6/c1-22-4-6-23(7-5-22)13-14-21-19-9-24(14)12-3-2-10(15(16,17)18)8-11(12)20-13/h2-3,8-9H,4-7H2,1H3. The number of alkyl halides is 3. The van der Waals surface area contributed by atoms with Crippen LogP contribution >= 0.6 is 0 Å². The second-order valence-electron chi connectivity index (χ2n) is 5.95. The molecule has 2 aromatic heterocycles. The largest absolute Gasteiger partial charge is 0.416 e. The Labute approximate surface area is 135 Å². The molecule has 0 N–H and O–H groups in total. The van der Waals surface area contributed by atoms with E-state index < -0.39 is 11.7 Å². The minimum atomic E-state index is -4.40. The minimum absolute atomic E-state index is 0.283. The first kappa shape index (κ1) is 15.1. The van der Waals surface area contributed by atoms with Gasteiger partial charge in [0.1, 0.15) is 6.33 Å². The van der Waals surface area contributed by atoms with Crippen LogP contribution in [0.25, 0.3) is 16.7 Å². The number of rotatable bonds is 1. The van der Waals surface area contributed by atoms with Crippen LogP contribution < -0.4 is 4.90 Å². The van der Waals surface area contributed by atoms with Gasteiger partial charge in [-0.1, -0.05) is 0 Å². The number of hydrogen-bond acceptors (Lipinski definition) is 5. The molecule has 126 valence electrons. The second kappa shape index (κ2) is 5.30. The lowest BCUT2D eigenvalue weighted by Gasteiger charge is -2.33. The Bertz CT molecular complexity index is 895. The number of anilines is 1. The molecule has 1 saturated heterocycles. The SMILES string of the molecule is CN1CCN(c2nc3cc(C(F)(F)F)ccc3n3cnnc23)CC1. The lowest BCUT2D eigenvalue weighted by Crippen LogP contribution is -2.45. The molecule has 3 heterocycles. The van der Waals surface area contributed by atoms with Crippen LogP contribution in [0.5, 0.6) is 0 Å². The van der Waals surface area contributed by atoms with E-state index in [1.54, 1.807) is 4.40 Å². The third-order valence-electron chi connectivity index (χ3n) is 4.34. The van der Waals surface area contributed by atoms with E-state index in [1.165, 1.54) is 12.4 Å². The van der Waals surface area contributed by atoms with Crippen molar-refractivity contribution < 1.29 is 13.2 Å². The van der Waals surface area contributed by atoms with Gasteiger partial charge in [0, 0.05) is 26.2 Å². The number of piperazine rings is 1. The zero-order valence-corrected chi connectivity index (χ0v) is 13.0. The summed E-state index contributed by atoms with van der Waals surface area (Å²) >= 11 is 0. The Morgan fingerprint density at radius 3 is 2.54 bits per heavy atom. The summed E-state index contributed by atoms with van der Waals surface area (Å²) in [5, 5.41) is 8.01. The van der Waals surface area contributed by atoms with Crippen molar-refractivity contribution in [3.63, 3.8) is 0 Å². The van der Waals surface area contributed by atoms with Gasteiger partial charge in [-0.15, -0.1) is 10.2 Å². The minimum Gasteiger partial charge on any atom is -0.351 e. The summed E-state index contributed by atoms with van der Waals surface area (Å²) in [4.78, 5) is 8.72. The van der Waals surface area contributed by atoms with Crippen LogP contribution in [0.15, 0.2) is 24.5 Å². The van der Waals surface area contributed by atoms with Crippen LogP contribution in [-0.2, 0) is 6.18 Å². The van der Waals surface area contributed by atoms with E-state index in [1.807, 2.05) is 11.9 Å². The quantitative estimate of drug-likeness (QED) is 0.681. The highest BCUT2D eigenvalue weighted by Gasteiger charge is 2.31. The molecule has 0 amide bonds. The van der Waals surface area contributed by atoms with E-state index in [0.29, 0.717) is 17.0 Å². The highest BCUT2D eigenvalue weighted by atomic mass is 19.4. The van der Waals surface area contributed by atoms with Gasteiger partial charge >= 0.3 is 6.18 Å². The number of hydrogen-bond donors (Lipinski definition) is 0. The molecule has 0 radical (unpaired) electrons. The molecule has 0 aliphatic carbocycles. The van der Waals surface area contributed by atoms with E-state index in [0.717, 1.165) is 38.3 Å².